The van der Waals surface area contributed by atoms with Gasteiger partial charge in [-0.3, -0.25) is 0 Å². The van der Waals surface area contributed by atoms with E-state index in [1.54, 1.807) is 6.20 Å². The summed E-state index contributed by atoms with van der Waals surface area (Å²) in [7, 11) is 0. The van der Waals surface area contributed by atoms with E-state index in [1.807, 2.05) is 13.8 Å². The molecule has 1 aromatic heterocycles. The maximum absolute atomic E-state index is 5.96. The molecule has 0 spiro atoms. The number of aryl methyl sites for hydroxylation is 5. The molecule has 1 heterocycles. The number of ether oxygens (including phenoxy) is 1. The lowest BCUT2D eigenvalue weighted by atomic mass is 10.1. The van der Waals surface area contributed by atoms with E-state index in [0.29, 0.717) is 5.88 Å². The second-order valence-electron chi connectivity index (χ2n) is 4.74. The zero-order valence-electron chi connectivity index (χ0n) is 11.5. The number of hydrogen-bond acceptors (Lipinski definition) is 3. The summed E-state index contributed by atoms with van der Waals surface area (Å²) >= 11 is 0. The maximum atomic E-state index is 5.96. The molecule has 2 rings (SSSR count). The van der Waals surface area contributed by atoms with Crippen LogP contribution in [0.4, 0.5) is 0 Å². The zero-order chi connectivity index (χ0) is 13.3. The van der Waals surface area contributed by atoms with Gasteiger partial charge in [0.15, 0.2) is 0 Å². The molecular formula is C15H18N2O. The highest BCUT2D eigenvalue weighted by atomic mass is 16.5. The predicted molar refractivity (Wildman–Crippen MR) is 72.2 cm³/mol. The largest absolute Gasteiger partial charge is 0.438 e. The van der Waals surface area contributed by atoms with Gasteiger partial charge in [0.05, 0.1) is 0 Å². The van der Waals surface area contributed by atoms with Crippen molar-refractivity contribution in [3.63, 3.8) is 0 Å². The smallest absolute Gasteiger partial charge is 0.225 e. The molecule has 0 fully saturated rings. The number of hydrogen-bond donors (Lipinski definition) is 0. The van der Waals surface area contributed by atoms with Crippen molar-refractivity contribution in [1.82, 2.24) is 9.97 Å². The molecule has 0 N–H and O–H groups in total. The van der Waals surface area contributed by atoms with Gasteiger partial charge in [0.1, 0.15) is 11.6 Å². The van der Waals surface area contributed by atoms with Crippen LogP contribution < -0.4 is 4.74 Å². The van der Waals surface area contributed by atoms with Crippen LogP contribution in [-0.4, -0.2) is 9.97 Å². The monoisotopic (exact) mass is 242 g/mol. The summed E-state index contributed by atoms with van der Waals surface area (Å²) in [5.41, 5.74) is 4.44. The molecule has 3 heteroatoms. The molecule has 0 radical (unpaired) electrons. The van der Waals surface area contributed by atoms with Crippen molar-refractivity contribution < 1.29 is 4.74 Å². The lowest BCUT2D eigenvalue weighted by Crippen LogP contribution is -1.98. The third kappa shape index (κ3) is 2.50. The van der Waals surface area contributed by atoms with E-state index in [-0.39, 0.29) is 0 Å². The van der Waals surface area contributed by atoms with Crippen molar-refractivity contribution >= 4 is 0 Å². The first-order valence-electron chi connectivity index (χ1n) is 6.03. The van der Waals surface area contributed by atoms with Gasteiger partial charge < -0.3 is 4.74 Å². The van der Waals surface area contributed by atoms with E-state index < -0.39 is 0 Å². The molecule has 0 saturated carbocycles. The third-order valence-electron chi connectivity index (χ3n) is 2.85. The molecule has 0 aliphatic carbocycles. The fourth-order valence-electron chi connectivity index (χ4n) is 2.04. The van der Waals surface area contributed by atoms with Gasteiger partial charge in [-0.1, -0.05) is 17.7 Å². The van der Waals surface area contributed by atoms with Gasteiger partial charge in [-0.25, -0.2) is 4.98 Å². The molecule has 2 aromatic rings. The van der Waals surface area contributed by atoms with Crippen LogP contribution >= 0.6 is 0 Å². The minimum atomic E-state index is 0.637. The summed E-state index contributed by atoms with van der Waals surface area (Å²) in [6, 6.07) is 4.23. The summed E-state index contributed by atoms with van der Waals surface area (Å²) in [6.07, 6.45) is 1.79. The van der Waals surface area contributed by atoms with Crippen LogP contribution in [0.25, 0.3) is 0 Å². The van der Waals surface area contributed by atoms with E-state index in [2.05, 4.69) is 42.9 Å². The Morgan fingerprint density at radius 2 is 1.50 bits per heavy atom. The highest BCUT2D eigenvalue weighted by Crippen LogP contribution is 2.30. The lowest BCUT2D eigenvalue weighted by Gasteiger charge is -2.13. The average Bonchev–Trinajstić information content (AvgIpc) is 2.28. The molecule has 0 saturated heterocycles. The number of benzene rings is 1. The van der Waals surface area contributed by atoms with Gasteiger partial charge in [0, 0.05) is 11.8 Å². The Bertz CT molecular complexity index is 568. The molecule has 0 unspecified atom stereocenters. The Hall–Kier alpha value is -1.90. The van der Waals surface area contributed by atoms with Crippen molar-refractivity contribution in [2.24, 2.45) is 0 Å². The van der Waals surface area contributed by atoms with Crippen LogP contribution in [-0.2, 0) is 0 Å². The van der Waals surface area contributed by atoms with Crippen LogP contribution in [0.1, 0.15) is 28.1 Å². The summed E-state index contributed by atoms with van der Waals surface area (Å²) in [6.45, 7) is 10.0. The first-order chi connectivity index (χ1) is 8.47. The van der Waals surface area contributed by atoms with Gasteiger partial charge >= 0.3 is 0 Å². The third-order valence-corrected chi connectivity index (χ3v) is 2.85. The first-order valence-corrected chi connectivity index (χ1v) is 6.03. The fraction of sp³-hybridized carbons (Fsp3) is 0.333. The predicted octanol–water partition coefficient (Wildman–Crippen LogP) is 3.81. The van der Waals surface area contributed by atoms with Crippen LogP contribution in [0.2, 0.25) is 0 Å². The standard InChI is InChI=1S/C15H18N2O/c1-9-6-10(2)14(11(3)7-9)18-15-12(4)8-16-13(5)17-15/h6-8H,1-5H3. The van der Waals surface area contributed by atoms with Crippen LogP contribution in [0.3, 0.4) is 0 Å². The molecule has 18 heavy (non-hydrogen) atoms. The van der Waals surface area contributed by atoms with Crippen LogP contribution in [0.5, 0.6) is 11.6 Å². The van der Waals surface area contributed by atoms with E-state index in [1.165, 1.54) is 5.56 Å². The van der Waals surface area contributed by atoms with Gasteiger partial charge in [0.25, 0.3) is 0 Å². The minimum absolute atomic E-state index is 0.637. The molecule has 0 aliphatic heterocycles. The SMILES string of the molecule is Cc1cc(C)c(Oc2nc(C)ncc2C)c(C)c1. The number of aromatic nitrogens is 2. The lowest BCUT2D eigenvalue weighted by molar-refractivity contribution is 0.448. The molecule has 0 aliphatic rings. The molecule has 0 amide bonds. The number of rotatable bonds is 2. The highest BCUT2D eigenvalue weighted by molar-refractivity contribution is 5.45. The van der Waals surface area contributed by atoms with Crippen LogP contribution in [0.15, 0.2) is 18.3 Å². The van der Waals surface area contributed by atoms with Crippen molar-refractivity contribution in [2.75, 3.05) is 0 Å². The topological polar surface area (TPSA) is 35.0 Å². The summed E-state index contributed by atoms with van der Waals surface area (Å²) < 4.78 is 5.96. The minimum Gasteiger partial charge on any atom is -0.438 e. The second kappa shape index (κ2) is 4.77. The Balaban J connectivity index is 2.43. The fourth-order valence-corrected chi connectivity index (χ4v) is 2.04. The van der Waals surface area contributed by atoms with Crippen LogP contribution in [0, 0.1) is 34.6 Å². The van der Waals surface area contributed by atoms with E-state index >= 15 is 0 Å². The summed E-state index contributed by atoms with van der Waals surface area (Å²) in [5, 5.41) is 0. The zero-order valence-corrected chi connectivity index (χ0v) is 11.5. The van der Waals surface area contributed by atoms with Gasteiger partial charge in [0.2, 0.25) is 5.88 Å². The molecule has 3 nitrogen and oxygen atoms in total. The maximum Gasteiger partial charge on any atom is 0.225 e. The Morgan fingerprint density at radius 3 is 2.11 bits per heavy atom. The molecule has 94 valence electrons. The Morgan fingerprint density at radius 1 is 0.889 bits per heavy atom. The Labute approximate surface area is 108 Å². The molecule has 0 bridgehead atoms. The van der Waals surface area contributed by atoms with Crippen molar-refractivity contribution in [3.8, 4) is 11.6 Å². The quantitative estimate of drug-likeness (QED) is 0.803. The molecule has 1 aromatic carbocycles. The first kappa shape index (κ1) is 12.6. The van der Waals surface area contributed by atoms with E-state index in [9.17, 15) is 0 Å². The molecule has 0 atom stereocenters. The van der Waals surface area contributed by atoms with E-state index in [4.69, 9.17) is 4.74 Å². The summed E-state index contributed by atoms with van der Waals surface area (Å²) in [5.74, 6) is 2.25. The van der Waals surface area contributed by atoms with Crippen molar-refractivity contribution in [1.29, 1.82) is 0 Å². The highest BCUT2D eigenvalue weighted by Gasteiger charge is 2.09. The normalized spacial score (nSPS) is 10.5. The van der Waals surface area contributed by atoms with E-state index in [0.717, 1.165) is 28.3 Å². The van der Waals surface area contributed by atoms with Gasteiger partial charge in [-0.05, 0) is 45.7 Å². The molecular weight excluding hydrogens is 224 g/mol. The average molecular weight is 242 g/mol. The number of nitrogens with zero attached hydrogens (tertiary/aromatic N) is 2. The Kier molecular flexibility index (Phi) is 3.32. The second-order valence-corrected chi connectivity index (χ2v) is 4.74. The summed E-state index contributed by atoms with van der Waals surface area (Å²) in [4.78, 5) is 8.49. The van der Waals surface area contributed by atoms with Gasteiger partial charge in [-0.15, -0.1) is 0 Å². The van der Waals surface area contributed by atoms with Gasteiger partial charge in [-0.2, -0.15) is 4.98 Å². The van der Waals surface area contributed by atoms with Crippen molar-refractivity contribution in [3.05, 3.63) is 46.4 Å². The van der Waals surface area contributed by atoms with Crippen molar-refractivity contribution in [2.45, 2.75) is 34.6 Å².